The van der Waals surface area contributed by atoms with Crippen LogP contribution in [0, 0.1) is 11.3 Å². The molecule has 0 saturated carbocycles. The van der Waals surface area contributed by atoms with Gasteiger partial charge in [-0.25, -0.2) is 0 Å². The van der Waals surface area contributed by atoms with Crippen molar-refractivity contribution in [3.8, 4) is 11.8 Å². The van der Waals surface area contributed by atoms with Gasteiger partial charge in [0, 0.05) is 5.69 Å². The van der Waals surface area contributed by atoms with E-state index < -0.39 is 5.91 Å². The number of nitrogens with two attached hydrogens (primary N) is 1. The summed E-state index contributed by atoms with van der Waals surface area (Å²) in [7, 11) is 0. The monoisotopic (exact) mass is 321 g/mol. The molecule has 6 heteroatoms. The van der Waals surface area contributed by atoms with Crippen LogP contribution in [0.25, 0.3) is 6.08 Å². The fourth-order valence-corrected chi connectivity index (χ4v) is 1.85. The summed E-state index contributed by atoms with van der Waals surface area (Å²) < 4.78 is 5.38. The highest BCUT2D eigenvalue weighted by atomic mass is 16.5. The standard InChI is InChI=1S/C18H15N3O3/c19-11-14(18(20)23)10-13-6-8-16(9-7-13)24-12-17(22)21-15-4-2-1-3-5-15/h1-10H,12H2,(H2,20,23)(H,21,22)/b14-10+. The first-order chi connectivity index (χ1) is 11.6. The maximum Gasteiger partial charge on any atom is 0.262 e. The molecule has 0 atom stereocenters. The number of para-hydroxylation sites is 1. The van der Waals surface area contributed by atoms with Gasteiger partial charge in [-0.3, -0.25) is 9.59 Å². The molecule has 3 N–H and O–H groups in total. The van der Waals surface area contributed by atoms with Crippen LogP contribution < -0.4 is 15.8 Å². The molecule has 2 rings (SSSR count). The Bertz CT molecular complexity index is 791. The molecule has 0 aliphatic heterocycles. The molecule has 6 nitrogen and oxygen atoms in total. The smallest absolute Gasteiger partial charge is 0.262 e. The molecule has 2 aromatic rings. The van der Waals surface area contributed by atoms with E-state index in [0.717, 1.165) is 0 Å². The van der Waals surface area contributed by atoms with Crippen molar-refractivity contribution in [1.29, 1.82) is 5.26 Å². The van der Waals surface area contributed by atoms with Gasteiger partial charge in [0.25, 0.3) is 11.8 Å². The van der Waals surface area contributed by atoms with E-state index in [0.29, 0.717) is 17.0 Å². The number of hydrogen-bond acceptors (Lipinski definition) is 4. The zero-order chi connectivity index (χ0) is 17.4. The zero-order valence-electron chi connectivity index (χ0n) is 12.7. The van der Waals surface area contributed by atoms with Crippen molar-refractivity contribution >= 4 is 23.6 Å². The molecular weight excluding hydrogens is 306 g/mol. The van der Waals surface area contributed by atoms with Crippen LogP contribution in [0.1, 0.15) is 5.56 Å². The van der Waals surface area contributed by atoms with Crippen LogP contribution in [0.15, 0.2) is 60.2 Å². The molecule has 2 aromatic carbocycles. The van der Waals surface area contributed by atoms with Crippen LogP contribution in [-0.2, 0) is 9.59 Å². The minimum absolute atomic E-state index is 0.130. The highest BCUT2D eigenvalue weighted by Crippen LogP contribution is 2.14. The Hall–Kier alpha value is -3.59. The average Bonchev–Trinajstić information content (AvgIpc) is 2.59. The van der Waals surface area contributed by atoms with E-state index in [4.69, 9.17) is 15.7 Å². The second-order valence-electron chi connectivity index (χ2n) is 4.81. The summed E-state index contributed by atoms with van der Waals surface area (Å²) in [5.41, 5.74) is 6.26. The largest absolute Gasteiger partial charge is 0.484 e. The fraction of sp³-hybridized carbons (Fsp3) is 0.0556. The van der Waals surface area contributed by atoms with E-state index in [1.54, 1.807) is 42.5 Å². The Morgan fingerprint density at radius 2 is 1.79 bits per heavy atom. The number of hydrogen-bond donors (Lipinski definition) is 2. The van der Waals surface area contributed by atoms with Crippen molar-refractivity contribution in [1.82, 2.24) is 0 Å². The number of carbonyl (C=O) groups is 2. The van der Waals surface area contributed by atoms with Crippen molar-refractivity contribution < 1.29 is 14.3 Å². The second-order valence-corrected chi connectivity index (χ2v) is 4.81. The summed E-state index contributed by atoms with van der Waals surface area (Å²) >= 11 is 0. The summed E-state index contributed by atoms with van der Waals surface area (Å²) in [6.45, 7) is -0.130. The molecule has 0 aliphatic rings. The van der Waals surface area contributed by atoms with Gasteiger partial charge >= 0.3 is 0 Å². The van der Waals surface area contributed by atoms with Gasteiger partial charge < -0.3 is 15.8 Å². The normalized spacial score (nSPS) is 10.5. The third kappa shape index (κ3) is 5.00. The zero-order valence-corrected chi connectivity index (χ0v) is 12.7. The number of carbonyl (C=O) groups excluding carboxylic acids is 2. The first-order valence-corrected chi connectivity index (χ1v) is 7.08. The predicted octanol–water partition coefficient (Wildman–Crippen LogP) is 2.10. The van der Waals surface area contributed by atoms with Gasteiger partial charge in [0.05, 0.1) is 0 Å². The molecule has 0 saturated heterocycles. The van der Waals surface area contributed by atoms with Crippen molar-refractivity contribution in [2.45, 2.75) is 0 Å². The van der Waals surface area contributed by atoms with Gasteiger partial charge in [0.2, 0.25) is 0 Å². The molecule has 0 fully saturated rings. The Morgan fingerprint density at radius 1 is 1.12 bits per heavy atom. The van der Waals surface area contributed by atoms with Gasteiger partial charge in [-0.05, 0) is 35.9 Å². The number of nitriles is 1. The lowest BCUT2D eigenvalue weighted by Crippen LogP contribution is -2.20. The Kier molecular flexibility index (Phi) is 5.70. The van der Waals surface area contributed by atoms with Crippen LogP contribution in [0.2, 0.25) is 0 Å². The molecule has 0 bridgehead atoms. The van der Waals surface area contributed by atoms with E-state index >= 15 is 0 Å². The minimum Gasteiger partial charge on any atom is -0.484 e. The van der Waals surface area contributed by atoms with Crippen LogP contribution in [0.5, 0.6) is 5.75 Å². The molecule has 0 heterocycles. The Morgan fingerprint density at radius 3 is 2.38 bits per heavy atom. The Balaban J connectivity index is 1.91. The summed E-state index contributed by atoms with van der Waals surface area (Å²) in [6, 6.07) is 17.4. The third-order valence-corrected chi connectivity index (χ3v) is 3.00. The summed E-state index contributed by atoms with van der Waals surface area (Å²) in [5.74, 6) is -0.561. The lowest BCUT2D eigenvalue weighted by atomic mass is 10.1. The molecular formula is C18H15N3O3. The van der Waals surface area contributed by atoms with Crippen LogP contribution in [0.4, 0.5) is 5.69 Å². The molecule has 0 aliphatic carbocycles. The minimum atomic E-state index is -0.782. The van der Waals surface area contributed by atoms with Crippen LogP contribution in [0.3, 0.4) is 0 Å². The molecule has 120 valence electrons. The SMILES string of the molecule is N#C/C(=C\c1ccc(OCC(=O)Nc2ccccc2)cc1)C(N)=O. The number of rotatable bonds is 6. The first kappa shape index (κ1) is 16.8. The summed E-state index contributed by atoms with van der Waals surface area (Å²) in [6.07, 6.45) is 1.38. The summed E-state index contributed by atoms with van der Waals surface area (Å²) in [5, 5.41) is 11.5. The van der Waals surface area contributed by atoms with Crippen LogP contribution in [-0.4, -0.2) is 18.4 Å². The number of nitrogens with zero attached hydrogens (tertiary/aromatic N) is 1. The maximum atomic E-state index is 11.8. The lowest BCUT2D eigenvalue weighted by molar-refractivity contribution is -0.118. The second kappa shape index (κ2) is 8.15. The number of amides is 2. The first-order valence-electron chi connectivity index (χ1n) is 7.08. The third-order valence-electron chi connectivity index (χ3n) is 3.00. The molecule has 0 aromatic heterocycles. The van der Waals surface area contributed by atoms with Gasteiger partial charge in [0.1, 0.15) is 17.4 Å². The lowest BCUT2D eigenvalue weighted by Gasteiger charge is -2.07. The van der Waals surface area contributed by atoms with E-state index in [2.05, 4.69) is 5.32 Å². The van der Waals surface area contributed by atoms with Gasteiger partial charge in [-0.1, -0.05) is 30.3 Å². The molecule has 0 unspecified atom stereocenters. The fourth-order valence-electron chi connectivity index (χ4n) is 1.85. The Labute approximate surface area is 139 Å². The van der Waals surface area contributed by atoms with E-state index in [9.17, 15) is 9.59 Å². The van der Waals surface area contributed by atoms with Crippen molar-refractivity contribution in [2.24, 2.45) is 5.73 Å². The molecule has 0 radical (unpaired) electrons. The number of ether oxygens (including phenoxy) is 1. The maximum absolute atomic E-state index is 11.8. The van der Waals surface area contributed by atoms with Crippen molar-refractivity contribution in [2.75, 3.05) is 11.9 Å². The van der Waals surface area contributed by atoms with E-state index in [1.165, 1.54) is 6.08 Å². The quantitative estimate of drug-likeness (QED) is 0.627. The molecule has 2 amide bonds. The van der Waals surface area contributed by atoms with E-state index in [-0.39, 0.29) is 18.1 Å². The predicted molar refractivity (Wildman–Crippen MR) is 89.8 cm³/mol. The highest BCUT2D eigenvalue weighted by molar-refractivity contribution is 6.00. The molecule has 0 spiro atoms. The molecule has 24 heavy (non-hydrogen) atoms. The van der Waals surface area contributed by atoms with Crippen molar-refractivity contribution in [3.05, 3.63) is 65.7 Å². The van der Waals surface area contributed by atoms with Gasteiger partial charge in [0.15, 0.2) is 6.61 Å². The summed E-state index contributed by atoms with van der Waals surface area (Å²) in [4.78, 5) is 22.8. The van der Waals surface area contributed by atoms with E-state index in [1.807, 2.05) is 18.2 Å². The highest BCUT2D eigenvalue weighted by Gasteiger charge is 2.05. The van der Waals surface area contributed by atoms with Gasteiger partial charge in [-0.2, -0.15) is 5.26 Å². The van der Waals surface area contributed by atoms with Gasteiger partial charge in [-0.15, -0.1) is 0 Å². The average molecular weight is 321 g/mol. The van der Waals surface area contributed by atoms with Crippen molar-refractivity contribution in [3.63, 3.8) is 0 Å². The number of benzene rings is 2. The van der Waals surface area contributed by atoms with Crippen LogP contribution >= 0.6 is 0 Å². The topological polar surface area (TPSA) is 105 Å². The number of primary amides is 1. The number of anilines is 1. The number of nitrogens with one attached hydrogen (secondary N) is 1.